The Hall–Kier alpha value is 0.134. The Morgan fingerprint density at radius 1 is 1.86 bits per heavy atom. The van der Waals surface area contributed by atoms with Gasteiger partial charge in [0.25, 0.3) is 0 Å². The Kier molecular flexibility index (Phi) is 2.49. The average molecular weight is 132 g/mol. The van der Waals surface area contributed by atoms with Gasteiger partial charge in [-0.25, -0.2) is 0 Å². The predicted molar refractivity (Wildman–Crippen MR) is 38.4 cm³/mol. The lowest BCUT2D eigenvalue weighted by Crippen LogP contribution is -2.34. The van der Waals surface area contributed by atoms with Crippen LogP contribution in [0.5, 0.6) is 0 Å². The second-order valence-corrected chi connectivity index (χ2v) is 12.2. The molecule has 0 aliphatic heterocycles. The normalized spacial score (nSPS) is 19.9. The molecule has 1 atom stereocenters. The van der Waals surface area contributed by atoms with Crippen LogP contribution in [0.2, 0.25) is 13.1 Å². The first-order valence-electron chi connectivity index (χ1n) is 2.48. The lowest BCUT2D eigenvalue weighted by atomic mass is 11.3. The molecule has 42 valence electrons. The van der Waals surface area contributed by atoms with Crippen molar-refractivity contribution in [2.75, 3.05) is 0 Å². The highest BCUT2D eigenvalue weighted by molar-refractivity contribution is 7.22. The van der Waals surface area contributed by atoms with Crippen LogP contribution in [-0.4, -0.2) is 21.7 Å². The number of hydrogen-bond acceptors (Lipinski definition) is 1. The van der Waals surface area contributed by atoms with Gasteiger partial charge in [0.05, 0.1) is 0 Å². The molecule has 0 heterocycles. The van der Waals surface area contributed by atoms with E-state index >= 15 is 0 Å². The van der Waals surface area contributed by atoms with Gasteiger partial charge in [-0.15, -0.1) is 6.58 Å². The molecule has 1 unspecified atom stereocenters. The highest BCUT2D eigenvalue weighted by atomic mass is 29.2. The Bertz CT molecular complexity index is 70.1. The topological polar surface area (TPSA) is 20.2 Å². The van der Waals surface area contributed by atoms with Crippen molar-refractivity contribution in [1.29, 1.82) is 0 Å². The first-order valence-corrected chi connectivity index (χ1v) is 8.75. The molecular formula is C4H12OSi2. The van der Waals surface area contributed by atoms with E-state index < -0.39 is 7.83 Å². The van der Waals surface area contributed by atoms with Crippen molar-refractivity contribution in [3.8, 4) is 0 Å². The van der Waals surface area contributed by atoms with Crippen molar-refractivity contribution in [2.24, 2.45) is 0 Å². The summed E-state index contributed by atoms with van der Waals surface area (Å²) in [5.41, 5.74) is 1.75. The molecule has 0 radical (unpaired) electrons. The molecule has 0 aromatic carbocycles. The van der Waals surface area contributed by atoms with E-state index in [1.54, 1.807) is 5.70 Å². The molecule has 0 aliphatic carbocycles. The molecule has 0 saturated carbocycles. The molecular weight excluding hydrogens is 120 g/mol. The van der Waals surface area contributed by atoms with Gasteiger partial charge in [-0.3, -0.25) is 0 Å². The summed E-state index contributed by atoms with van der Waals surface area (Å²) < 4.78 is 0. The zero-order valence-corrected chi connectivity index (χ0v) is 7.35. The van der Waals surface area contributed by atoms with Crippen molar-refractivity contribution < 1.29 is 4.80 Å². The van der Waals surface area contributed by atoms with Crippen molar-refractivity contribution >= 4 is 16.9 Å². The van der Waals surface area contributed by atoms with E-state index in [1.807, 2.05) is 6.55 Å². The molecule has 3 heteroatoms. The van der Waals surface area contributed by atoms with E-state index in [4.69, 9.17) is 0 Å². The van der Waals surface area contributed by atoms with E-state index in [9.17, 15) is 4.80 Å². The maximum Gasteiger partial charge on any atom is 0.187 e. The molecule has 1 N–H and O–H groups in total. The van der Waals surface area contributed by atoms with Crippen LogP contribution in [0.15, 0.2) is 12.3 Å². The molecule has 1 nitrogen and oxygen atoms in total. The first kappa shape index (κ1) is 7.13. The number of hydrogen-bond donors (Lipinski definition) is 1. The van der Waals surface area contributed by atoms with Gasteiger partial charge >= 0.3 is 0 Å². The van der Waals surface area contributed by atoms with Crippen molar-refractivity contribution in [3.63, 3.8) is 0 Å². The Morgan fingerprint density at radius 2 is 2.29 bits per heavy atom. The lowest BCUT2D eigenvalue weighted by Gasteiger charge is -2.09. The molecule has 0 spiro atoms. The maximum atomic E-state index is 9.21. The van der Waals surface area contributed by atoms with Gasteiger partial charge in [0.15, 0.2) is 7.83 Å². The third-order valence-electron chi connectivity index (χ3n) is 1.16. The van der Waals surface area contributed by atoms with Gasteiger partial charge in [0.2, 0.25) is 0 Å². The smallest absolute Gasteiger partial charge is 0.187 e. The predicted octanol–water partition coefficient (Wildman–Crippen LogP) is -0.00720. The number of rotatable bonds is 2. The van der Waals surface area contributed by atoms with Gasteiger partial charge in [-0.05, 0) is 6.55 Å². The van der Waals surface area contributed by atoms with Crippen molar-refractivity contribution in [3.05, 3.63) is 12.3 Å². The summed E-state index contributed by atoms with van der Waals surface area (Å²) in [5.74, 6) is 0. The summed E-state index contributed by atoms with van der Waals surface area (Å²) in [7, 11) is -1.93. The van der Waals surface area contributed by atoms with Crippen LogP contribution in [-0.2, 0) is 0 Å². The molecule has 0 saturated heterocycles. The molecule has 0 fully saturated rings. The van der Waals surface area contributed by atoms with Crippen LogP contribution in [0.3, 0.4) is 0 Å². The molecule has 0 aromatic rings. The zero-order chi connectivity index (χ0) is 5.91. The van der Waals surface area contributed by atoms with Gasteiger partial charge in [-0.1, -0.05) is 12.2 Å². The molecule has 0 bridgehead atoms. The van der Waals surface area contributed by atoms with Crippen molar-refractivity contribution in [2.45, 2.75) is 13.1 Å². The van der Waals surface area contributed by atoms with Gasteiger partial charge in [0, 0.05) is 9.04 Å². The van der Waals surface area contributed by atoms with E-state index in [1.165, 1.54) is 0 Å². The molecule has 7 heavy (non-hydrogen) atoms. The highest BCUT2D eigenvalue weighted by Crippen LogP contribution is 1.92. The van der Waals surface area contributed by atoms with Crippen LogP contribution in [0.25, 0.3) is 0 Å². The summed E-state index contributed by atoms with van der Waals surface area (Å²) in [6.07, 6.45) is 0. The second kappa shape index (κ2) is 2.44. The summed E-state index contributed by atoms with van der Waals surface area (Å²) in [4.78, 5) is 9.21. The van der Waals surface area contributed by atoms with Gasteiger partial charge < -0.3 is 4.80 Å². The van der Waals surface area contributed by atoms with Crippen LogP contribution in [0.1, 0.15) is 0 Å². The SMILES string of the molecule is C=C[Si](C)(O)[SiH2]C. The Balaban J connectivity index is 3.58. The first-order chi connectivity index (χ1) is 3.12. The molecule has 0 rings (SSSR count). The van der Waals surface area contributed by atoms with Crippen LogP contribution in [0.4, 0.5) is 0 Å². The largest absolute Gasteiger partial charge is 0.432 e. The van der Waals surface area contributed by atoms with E-state index in [-0.39, 0.29) is 9.04 Å². The summed E-state index contributed by atoms with van der Waals surface area (Å²) >= 11 is 0. The van der Waals surface area contributed by atoms with Gasteiger partial charge in [0.1, 0.15) is 0 Å². The van der Waals surface area contributed by atoms with Crippen molar-refractivity contribution in [1.82, 2.24) is 0 Å². The van der Waals surface area contributed by atoms with E-state index in [2.05, 4.69) is 13.1 Å². The van der Waals surface area contributed by atoms with E-state index in [0.717, 1.165) is 0 Å². The minimum absolute atomic E-state index is 0.182. The molecule has 0 amide bonds. The fourth-order valence-electron chi connectivity index (χ4n) is 0.144. The summed E-state index contributed by atoms with van der Waals surface area (Å²) in [6.45, 7) is 7.61. The van der Waals surface area contributed by atoms with Crippen LogP contribution >= 0.6 is 0 Å². The highest BCUT2D eigenvalue weighted by Gasteiger charge is 2.14. The van der Waals surface area contributed by atoms with E-state index in [0.29, 0.717) is 0 Å². The van der Waals surface area contributed by atoms with Crippen LogP contribution < -0.4 is 0 Å². The van der Waals surface area contributed by atoms with Gasteiger partial charge in [-0.2, -0.15) is 0 Å². The summed E-state index contributed by atoms with van der Waals surface area (Å²) in [6, 6.07) is 0. The Labute approximate surface area is 47.8 Å². The minimum atomic E-state index is -1.75. The third-order valence-corrected chi connectivity index (χ3v) is 8.63. The lowest BCUT2D eigenvalue weighted by molar-refractivity contribution is 0.582. The minimum Gasteiger partial charge on any atom is -0.432 e. The average Bonchev–Trinajstić information content (AvgIpc) is 1.68. The maximum absolute atomic E-state index is 9.21. The Morgan fingerprint density at radius 3 is 2.29 bits per heavy atom. The second-order valence-electron chi connectivity index (χ2n) is 1.91. The summed E-state index contributed by atoms with van der Waals surface area (Å²) in [5, 5.41) is 0. The fourth-order valence-corrected chi connectivity index (χ4v) is 1.30. The zero-order valence-electron chi connectivity index (χ0n) is 4.94. The standard InChI is InChI=1S/C4H12OSi2/c1-4-7(3,5)6-2/h4-5H,1,6H2,2-3H3. The molecule has 0 aliphatic rings. The fraction of sp³-hybridized carbons (Fsp3) is 0.500. The quantitative estimate of drug-likeness (QED) is 0.524. The third kappa shape index (κ3) is 2.79. The molecule has 0 aromatic heterocycles. The van der Waals surface area contributed by atoms with Crippen LogP contribution in [0, 0.1) is 0 Å². The monoisotopic (exact) mass is 132 g/mol.